The second kappa shape index (κ2) is 5.31. The highest BCUT2D eigenvalue weighted by Gasteiger charge is 2.36. The largest absolute Gasteiger partial charge is 0.323 e. The van der Waals surface area contributed by atoms with Gasteiger partial charge in [-0.1, -0.05) is 19.1 Å². The van der Waals surface area contributed by atoms with Gasteiger partial charge in [0.2, 0.25) is 5.91 Å². The van der Waals surface area contributed by atoms with Gasteiger partial charge >= 0.3 is 10.2 Å². The van der Waals surface area contributed by atoms with Crippen molar-refractivity contribution in [2.45, 2.75) is 19.8 Å². The van der Waals surface area contributed by atoms with E-state index in [-0.39, 0.29) is 12.5 Å². The first-order chi connectivity index (χ1) is 9.98. The lowest BCUT2D eigenvalue weighted by atomic mass is 10.0. The molecule has 0 radical (unpaired) electrons. The van der Waals surface area contributed by atoms with E-state index in [1.54, 1.807) is 24.3 Å². The minimum atomic E-state index is -3.66. The molecule has 1 atom stereocenters. The molecule has 2 aliphatic heterocycles. The molecule has 1 saturated heterocycles. The maximum Gasteiger partial charge on any atom is 0.304 e. The van der Waals surface area contributed by atoms with E-state index in [9.17, 15) is 13.2 Å². The molecule has 2 aliphatic rings. The number of fused-ring (bicyclic) bond motifs is 1. The van der Waals surface area contributed by atoms with Gasteiger partial charge in [-0.2, -0.15) is 12.7 Å². The molecule has 7 heteroatoms. The molecule has 1 unspecified atom stereocenters. The standard InChI is InChI=1S/C14H19N3O3S/c1-11-5-4-8-16(9-11)21(19,20)17-10-14(18)15-12-6-2-3-7-13(12)17/h2-3,6-7,11H,4-5,8-10H2,1H3,(H,15,18). The Hall–Kier alpha value is -1.60. The van der Waals surface area contributed by atoms with Gasteiger partial charge in [-0.15, -0.1) is 0 Å². The van der Waals surface area contributed by atoms with Crippen molar-refractivity contribution in [3.05, 3.63) is 24.3 Å². The normalized spacial score (nSPS) is 23.6. The van der Waals surface area contributed by atoms with Gasteiger partial charge in [0, 0.05) is 13.1 Å². The number of hydrogen-bond acceptors (Lipinski definition) is 3. The molecule has 1 N–H and O–H groups in total. The summed E-state index contributed by atoms with van der Waals surface area (Å²) in [6.07, 6.45) is 1.91. The van der Waals surface area contributed by atoms with E-state index >= 15 is 0 Å². The molecule has 1 fully saturated rings. The van der Waals surface area contributed by atoms with Crippen molar-refractivity contribution >= 4 is 27.5 Å². The Bertz CT molecular complexity index is 659. The van der Waals surface area contributed by atoms with Crippen LogP contribution in [0.3, 0.4) is 0 Å². The number of carbonyl (C=O) groups is 1. The summed E-state index contributed by atoms with van der Waals surface area (Å²) in [5.74, 6) is 0.0460. The number of anilines is 2. The smallest absolute Gasteiger partial charge is 0.304 e. The Balaban J connectivity index is 1.97. The summed E-state index contributed by atoms with van der Waals surface area (Å²) in [4.78, 5) is 11.8. The summed E-state index contributed by atoms with van der Waals surface area (Å²) in [5, 5.41) is 2.71. The van der Waals surface area contributed by atoms with Crippen LogP contribution in [0, 0.1) is 5.92 Å². The Morgan fingerprint density at radius 1 is 1.29 bits per heavy atom. The van der Waals surface area contributed by atoms with E-state index in [2.05, 4.69) is 12.2 Å². The van der Waals surface area contributed by atoms with E-state index < -0.39 is 10.2 Å². The van der Waals surface area contributed by atoms with Crippen LogP contribution in [0.25, 0.3) is 0 Å². The first-order valence-electron chi connectivity index (χ1n) is 7.15. The zero-order chi connectivity index (χ0) is 15.0. The van der Waals surface area contributed by atoms with Gasteiger partial charge in [-0.3, -0.25) is 4.79 Å². The maximum atomic E-state index is 12.9. The van der Waals surface area contributed by atoms with Crippen LogP contribution in [-0.2, 0) is 15.0 Å². The summed E-state index contributed by atoms with van der Waals surface area (Å²) in [5.41, 5.74) is 1.08. The monoisotopic (exact) mass is 309 g/mol. The van der Waals surface area contributed by atoms with Crippen molar-refractivity contribution in [1.29, 1.82) is 0 Å². The molecule has 0 saturated carbocycles. The lowest BCUT2D eigenvalue weighted by molar-refractivity contribution is -0.115. The van der Waals surface area contributed by atoms with Crippen LogP contribution in [-0.4, -0.2) is 38.3 Å². The summed E-state index contributed by atoms with van der Waals surface area (Å²) in [6, 6.07) is 6.99. The van der Waals surface area contributed by atoms with Crippen LogP contribution in [0.15, 0.2) is 24.3 Å². The molecule has 1 aromatic rings. The van der Waals surface area contributed by atoms with E-state index in [0.717, 1.165) is 12.8 Å². The average molecular weight is 309 g/mol. The third kappa shape index (κ3) is 2.63. The highest BCUT2D eigenvalue weighted by Crippen LogP contribution is 2.33. The summed E-state index contributed by atoms with van der Waals surface area (Å²) in [7, 11) is -3.66. The van der Waals surface area contributed by atoms with Crippen molar-refractivity contribution in [3.8, 4) is 0 Å². The Morgan fingerprint density at radius 2 is 2.05 bits per heavy atom. The Labute approximate surface area is 124 Å². The highest BCUT2D eigenvalue weighted by atomic mass is 32.2. The van der Waals surface area contributed by atoms with Gasteiger partial charge in [0.15, 0.2) is 0 Å². The SMILES string of the molecule is CC1CCCN(S(=O)(=O)N2CC(=O)Nc3ccccc32)C1. The number of rotatable bonds is 2. The molecular weight excluding hydrogens is 290 g/mol. The number of carbonyl (C=O) groups excluding carboxylic acids is 1. The zero-order valence-corrected chi connectivity index (χ0v) is 12.8. The molecule has 0 aromatic heterocycles. The van der Waals surface area contributed by atoms with Crippen LogP contribution in [0.2, 0.25) is 0 Å². The molecule has 0 aliphatic carbocycles. The molecule has 2 heterocycles. The van der Waals surface area contributed by atoms with Crippen LogP contribution in [0.4, 0.5) is 11.4 Å². The molecule has 3 rings (SSSR count). The second-order valence-corrected chi connectivity index (χ2v) is 7.54. The van der Waals surface area contributed by atoms with Crippen molar-refractivity contribution in [1.82, 2.24) is 4.31 Å². The number of para-hydroxylation sites is 2. The Kier molecular flexibility index (Phi) is 3.62. The number of hydrogen-bond donors (Lipinski definition) is 1. The number of amides is 1. The number of nitrogens with zero attached hydrogens (tertiary/aromatic N) is 2. The molecule has 0 bridgehead atoms. The van der Waals surface area contributed by atoms with Gasteiger partial charge in [-0.05, 0) is 30.9 Å². The summed E-state index contributed by atoms with van der Waals surface area (Å²) < 4.78 is 28.5. The lowest BCUT2D eigenvalue weighted by Crippen LogP contribution is -2.51. The van der Waals surface area contributed by atoms with Crippen LogP contribution >= 0.6 is 0 Å². The van der Waals surface area contributed by atoms with Gasteiger partial charge in [-0.25, -0.2) is 4.31 Å². The molecule has 0 spiro atoms. The fourth-order valence-corrected chi connectivity index (χ4v) is 4.67. The van der Waals surface area contributed by atoms with Crippen molar-refractivity contribution in [3.63, 3.8) is 0 Å². The van der Waals surface area contributed by atoms with Crippen molar-refractivity contribution in [2.75, 3.05) is 29.3 Å². The van der Waals surface area contributed by atoms with Gasteiger partial charge in [0.05, 0.1) is 11.4 Å². The third-order valence-corrected chi connectivity index (χ3v) is 5.83. The summed E-state index contributed by atoms with van der Waals surface area (Å²) in [6.45, 7) is 2.93. The fraction of sp³-hybridized carbons (Fsp3) is 0.500. The quantitative estimate of drug-likeness (QED) is 0.898. The summed E-state index contributed by atoms with van der Waals surface area (Å²) >= 11 is 0. The molecule has 21 heavy (non-hydrogen) atoms. The third-order valence-electron chi connectivity index (χ3n) is 3.96. The predicted octanol–water partition coefficient (Wildman–Crippen LogP) is 1.42. The van der Waals surface area contributed by atoms with E-state index in [1.165, 1.54) is 8.61 Å². The molecular formula is C14H19N3O3S. The van der Waals surface area contributed by atoms with Crippen LogP contribution in [0.1, 0.15) is 19.8 Å². The van der Waals surface area contributed by atoms with Gasteiger partial charge in [0.1, 0.15) is 6.54 Å². The number of nitrogens with one attached hydrogen (secondary N) is 1. The minimum Gasteiger partial charge on any atom is -0.323 e. The average Bonchev–Trinajstić information content (AvgIpc) is 2.46. The molecule has 1 aromatic carbocycles. The molecule has 114 valence electrons. The topological polar surface area (TPSA) is 69.7 Å². The van der Waals surface area contributed by atoms with E-state index in [1.807, 2.05) is 0 Å². The Morgan fingerprint density at radius 3 is 2.81 bits per heavy atom. The second-order valence-electron chi connectivity index (χ2n) is 5.69. The lowest BCUT2D eigenvalue weighted by Gasteiger charge is -2.37. The first-order valence-corrected chi connectivity index (χ1v) is 8.55. The predicted molar refractivity (Wildman–Crippen MR) is 81.3 cm³/mol. The van der Waals surface area contributed by atoms with E-state index in [4.69, 9.17) is 0 Å². The zero-order valence-electron chi connectivity index (χ0n) is 11.9. The fourth-order valence-electron chi connectivity index (χ4n) is 2.90. The maximum absolute atomic E-state index is 12.9. The number of piperidine rings is 1. The number of benzene rings is 1. The van der Waals surface area contributed by atoms with Crippen LogP contribution in [0.5, 0.6) is 0 Å². The van der Waals surface area contributed by atoms with Crippen molar-refractivity contribution < 1.29 is 13.2 Å². The van der Waals surface area contributed by atoms with Crippen LogP contribution < -0.4 is 9.62 Å². The van der Waals surface area contributed by atoms with E-state index in [0.29, 0.717) is 30.4 Å². The van der Waals surface area contributed by atoms with Crippen molar-refractivity contribution in [2.24, 2.45) is 5.92 Å². The first kappa shape index (κ1) is 14.3. The van der Waals surface area contributed by atoms with Gasteiger partial charge in [0.25, 0.3) is 0 Å². The molecule has 1 amide bonds. The highest BCUT2D eigenvalue weighted by molar-refractivity contribution is 7.90. The minimum absolute atomic E-state index is 0.162. The van der Waals surface area contributed by atoms with Gasteiger partial charge < -0.3 is 5.32 Å². The molecule has 6 nitrogen and oxygen atoms in total.